The molecule has 1 aliphatic heterocycles. The van der Waals surface area contributed by atoms with E-state index in [1.165, 1.54) is 5.56 Å². The molecule has 0 radical (unpaired) electrons. The number of halogens is 1. The van der Waals surface area contributed by atoms with Gasteiger partial charge in [-0.05, 0) is 5.56 Å². The molecule has 64 valence electrons. The average molecular weight is 227 g/mol. The lowest BCUT2D eigenvalue weighted by molar-refractivity contribution is 0.374. The monoisotopic (exact) mass is 226 g/mol. The van der Waals surface area contributed by atoms with Gasteiger partial charge in [-0.25, -0.2) is 0 Å². The lowest BCUT2D eigenvalue weighted by Gasteiger charge is -1.96. The molecule has 0 aliphatic carbocycles. The highest BCUT2D eigenvalue weighted by Gasteiger charge is 2.42. The minimum Gasteiger partial charge on any atom is -0.363 e. The minimum absolute atomic E-state index is 0.320. The maximum Gasteiger partial charge on any atom is 0.110 e. The zero-order valence-electron chi connectivity index (χ0n) is 6.91. The van der Waals surface area contributed by atoms with E-state index in [1.54, 1.807) is 0 Å². The van der Waals surface area contributed by atoms with Crippen molar-refractivity contribution in [1.29, 1.82) is 0 Å². The van der Waals surface area contributed by atoms with Crippen LogP contribution in [0.25, 0.3) is 0 Å². The zero-order chi connectivity index (χ0) is 8.55. The summed E-state index contributed by atoms with van der Waals surface area (Å²) in [6.45, 7) is 2.12. The van der Waals surface area contributed by atoms with E-state index in [0.717, 1.165) is 0 Å². The SMILES string of the molecule is CC(Br)C1OC1c1ccccc1. The van der Waals surface area contributed by atoms with E-state index in [9.17, 15) is 0 Å². The van der Waals surface area contributed by atoms with Gasteiger partial charge >= 0.3 is 0 Å². The van der Waals surface area contributed by atoms with Gasteiger partial charge in [0.25, 0.3) is 0 Å². The third-order valence-corrected chi connectivity index (χ3v) is 2.63. The van der Waals surface area contributed by atoms with Crippen LogP contribution in [-0.4, -0.2) is 10.9 Å². The topological polar surface area (TPSA) is 12.5 Å². The Balaban J connectivity index is 2.06. The first-order chi connectivity index (χ1) is 5.79. The van der Waals surface area contributed by atoms with E-state index < -0.39 is 0 Å². The Bertz CT molecular complexity index is 258. The van der Waals surface area contributed by atoms with Gasteiger partial charge in [0.15, 0.2) is 0 Å². The number of hydrogen-bond acceptors (Lipinski definition) is 1. The van der Waals surface area contributed by atoms with Crippen LogP contribution in [0.1, 0.15) is 18.6 Å². The smallest absolute Gasteiger partial charge is 0.110 e. The van der Waals surface area contributed by atoms with Crippen LogP contribution in [0, 0.1) is 0 Å². The Kier molecular flexibility index (Phi) is 2.20. The Morgan fingerprint density at radius 1 is 1.33 bits per heavy atom. The molecule has 0 amide bonds. The van der Waals surface area contributed by atoms with Crippen LogP contribution in [0.15, 0.2) is 30.3 Å². The molecule has 1 aromatic rings. The van der Waals surface area contributed by atoms with Gasteiger partial charge in [0, 0.05) is 4.83 Å². The molecule has 0 bridgehead atoms. The van der Waals surface area contributed by atoms with E-state index in [4.69, 9.17) is 4.74 Å². The van der Waals surface area contributed by atoms with E-state index >= 15 is 0 Å². The number of hydrogen-bond donors (Lipinski definition) is 0. The fraction of sp³-hybridized carbons (Fsp3) is 0.400. The molecule has 0 N–H and O–H groups in total. The summed E-state index contributed by atoms with van der Waals surface area (Å²) in [7, 11) is 0. The summed E-state index contributed by atoms with van der Waals surface area (Å²) in [6, 6.07) is 10.3. The van der Waals surface area contributed by atoms with Crippen LogP contribution in [0.4, 0.5) is 0 Å². The van der Waals surface area contributed by atoms with Crippen molar-refractivity contribution in [1.82, 2.24) is 0 Å². The van der Waals surface area contributed by atoms with Gasteiger partial charge in [0.2, 0.25) is 0 Å². The number of rotatable bonds is 2. The summed E-state index contributed by atoms with van der Waals surface area (Å²) in [5.41, 5.74) is 1.29. The van der Waals surface area contributed by atoms with Crippen molar-refractivity contribution >= 4 is 15.9 Å². The first kappa shape index (κ1) is 8.27. The second kappa shape index (κ2) is 3.19. The van der Waals surface area contributed by atoms with Crippen molar-refractivity contribution in [3.63, 3.8) is 0 Å². The summed E-state index contributed by atoms with van der Waals surface area (Å²) in [5, 5.41) is 0. The zero-order valence-corrected chi connectivity index (χ0v) is 8.49. The first-order valence-corrected chi connectivity index (χ1v) is 5.05. The number of epoxide rings is 1. The van der Waals surface area contributed by atoms with E-state index in [1.807, 2.05) is 18.2 Å². The van der Waals surface area contributed by atoms with E-state index in [0.29, 0.717) is 17.0 Å². The van der Waals surface area contributed by atoms with Crippen molar-refractivity contribution in [3.05, 3.63) is 35.9 Å². The molecule has 1 nitrogen and oxygen atoms in total. The predicted octanol–water partition coefficient (Wildman–Crippen LogP) is 2.91. The average Bonchev–Trinajstić information content (AvgIpc) is 2.84. The molecule has 0 saturated carbocycles. The molecule has 1 fully saturated rings. The molecule has 2 heteroatoms. The van der Waals surface area contributed by atoms with Crippen molar-refractivity contribution in [2.75, 3.05) is 0 Å². The third-order valence-electron chi connectivity index (χ3n) is 2.11. The molecule has 0 spiro atoms. The third kappa shape index (κ3) is 1.54. The summed E-state index contributed by atoms with van der Waals surface area (Å²) in [5.74, 6) is 0. The molecule has 1 aliphatic rings. The highest BCUT2D eigenvalue weighted by molar-refractivity contribution is 9.09. The normalized spacial score (nSPS) is 29.8. The predicted molar refractivity (Wildman–Crippen MR) is 52.4 cm³/mol. The van der Waals surface area contributed by atoms with Crippen LogP contribution >= 0.6 is 15.9 Å². The standard InChI is InChI=1S/C10H11BrO/c1-7(11)9-10(12-9)8-5-3-2-4-6-8/h2-7,9-10H,1H3. The van der Waals surface area contributed by atoms with E-state index in [-0.39, 0.29) is 0 Å². The van der Waals surface area contributed by atoms with Crippen LogP contribution in [-0.2, 0) is 4.74 Å². The lowest BCUT2D eigenvalue weighted by Crippen LogP contribution is -2.00. The quantitative estimate of drug-likeness (QED) is 0.559. The molecule has 1 saturated heterocycles. The Hall–Kier alpha value is -0.340. The van der Waals surface area contributed by atoms with Gasteiger partial charge in [0.05, 0.1) is 0 Å². The van der Waals surface area contributed by atoms with Gasteiger partial charge in [-0.1, -0.05) is 53.2 Å². The van der Waals surface area contributed by atoms with Gasteiger partial charge in [-0.2, -0.15) is 0 Å². The number of ether oxygens (including phenoxy) is 1. The molecule has 2 rings (SSSR count). The van der Waals surface area contributed by atoms with Gasteiger partial charge < -0.3 is 4.74 Å². The van der Waals surface area contributed by atoms with Crippen molar-refractivity contribution < 1.29 is 4.74 Å². The highest BCUT2D eigenvalue weighted by atomic mass is 79.9. The van der Waals surface area contributed by atoms with Gasteiger partial charge in [-0.15, -0.1) is 0 Å². The van der Waals surface area contributed by atoms with Crippen LogP contribution in [0.5, 0.6) is 0 Å². The maximum atomic E-state index is 5.52. The molecule has 3 atom stereocenters. The highest BCUT2D eigenvalue weighted by Crippen LogP contribution is 2.42. The molecule has 0 aromatic heterocycles. The fourth-order valence-corrected chi connectivity index (χ4v) is 1.79. The maximum absolute atomic E-state index is 5.52. The van der Waals surface area contributed by atoms with Crippen molar-refractivity contribution in [2.24, 2.45) is 0 Å². The number of benzene rings is 1. The molecule has 1 aromatic carbocycles. The second-order valence-corrected chi connectivity index (χ2v) is 4.55. The van der Waals surface area contributed by atoms with Gasteiger partial charge in [-0.3, -0.25) is 0 Å². The summed E-state index contributed by atoms with van der Waals surface area (Å²) >= 11 is 3.51. The van der Waals surface area contributed by atoms with Crippen LogP contribution < -0.4 is 0 Å². The van der Waals surface area contributed by atoms with Crippen LogP contribution in [0.2, 0.25) is 0 Å². The summed E-state index contributed by atoms with van der Waals surface area (Å²) in [6.07, 6.45) is 0.688. The summed E-state index contributed by atoms with van der Waals surface area (Å²) < 4.78 is 5.52. The molecule has 1 heterocycles. The first-order valence-electron chi connectivity index (χ1n) is 4.13. The molecular formula is C10H11BrO. The van der Waals surface area contributed by atoms with E-state index in [2.05, 4.69) is 35.0 Å². The van der Waals surface area contributed by atoms with Gasteiger partial charge in [0.1, 0.15) is 12.2 Å². The molecule has 3 unspecified atom stereocenters. The fourth-order valence-electron chi connectivity index (χ4n) is 1.38. The second-order valence-electron chi connectivity index (χ2n) is 3.11. The molecule has 12 heavy (non-hydrogen) atoms. The minimum atomic E-state index is 0.320. The Morgan fingerprint density at radius 3 is 2.50 bits per heavy atom. The van der Waals surface area contributed by atoms with Crippen molar-refractivity contribution in [3.8, 4) is 0 Å². The Morgan fingerprint density at radius 2 is 2.00 bits per heavy atom. The summed E-state index contributed by atoms with van der Waals surface area (Å²) in [4.78, 5) is 0.447. The largest absolute Gasteiger partial charge is 0.363 e. The lowest BCUT2D eigenvalue weighted by atomic mass is 10.1. The Labute approximate surface area is 80.9 Å². The van der Waals surface area contributed by atoms with Crippen molar-refractivity contribution in [2.45, 2.75) is 24.0 Å². The molecular weight excluding hydrogens is 216 g/mol. The van der Waals surface area contributed by atoms with Crippen LogP contribution in [0.3, 0.4) is 0 Å². The number of alkyl halides is 1.